The zero-order valence-corrected chi connectivity index (χ0v) is 13.1. The van der Waals surface area contributed by atoms with Gasteiger partial charge in [-0.3, -0.25) is 0 Å². The van der Waals surface area contributed by atoms with Crippen LogP contribution in [0.1, 0.15) is 16.5 Å². The molecule has 104 valence electrons. The molecule has 0 aliphatic carbocycles. The largest absolute Gasteiger partial charge is 0.323 e. The Morgan fingerprint density at radius 1 is 0.952 bits per heavy atom. The Kier molecular flexibility index (Phi) is 3.26. The molecule has 3 heteroatoms. The van der Waals surface area contributed by atoms with Crippen LogP contribution in [0.3, 0.4) is 0 Å². The molecule has 1 unspecified atom stereocenters. The third-order valence-electron chi connectivity index (χ3n) is 3.81. The van der Waals surface area contributed by atoms with E-state index < -0.39 is 0 Å². The number of benzene rings is 2. The van der Waals surface area contributed by atoms with Crippen LogP contribution in [0.2, 0.25) is 0 Å². The summed E-state index contributed by atoms with van der Waals surface area (Å²) in [7, 11) is 0. The van der Waals surface area contributed by atoms with Gasteiger partial charge in [0, 0.05) is 20.3 Å². The maximum atomic E-state index is 6.46. The van der Waals surface area contributed by atoms with Crippen molar-refractivity contribution in [3.05, 3.63) is 70.4 Å². The molecule has 0 saturated heterocycles. The lowest BCUT2D eigenvalue weighted by atomic mass is 10.0. The molecule has 4 rings (SSSR count). The van der Waals surface area contributed by atoms with Crippen molar-refractivity contribution in [3.63, 3.8) is 0 Å². The average Bonchev–Trinajstić information content (AvgIpc) is 3.11. The molecule has 0 saturated carbocycles. The summed E-state index contributed by atoms with van der Waals surface area (Å²) >= 11 is 3.62. The van der Waals surface area contributed by atoms with Gasteiger partial charge in [-0.2, -0.15) is 0 Å². The van der Waals surface area contributed by atoms with Crippen molar-refractivity contribution in [1.29, 1.82) is 0 Å². The van der Waals surface area contributed by atoms with Crippen molar-refractivity contribution < 1.29 is 0 Å². The Morgan fingerprint density at radius 2 is 1.71 bits per heavy atom. The fourth-order valence-electron chi connectivity index (χ4n) is 2.71. The van der Waals surface area contributed by atoms with Crippen LogP contribution in [0.15, 0.2) is 60.0 Å². The zero-order valence-electron chi connectivity index (χ0n) is 11.5. The van der Waals surface area contributed by atoms with E-state index in [9.17, 15) is 0 Å². The normalized spacial score (nSPS) is 13.0. The molecule has 4 aromatic rings. The number of rotatable bonds is 3. The Morgan fingerprint density at radius 3 is 2.57 bits per heavy atom. The number of hydrogen-bond acceptors (Lipinski definition) is 3. The molecule has 21 heavy (non-hydrogen) atoms. The van der Waals surface area contributed by atoms with Crippen molar-refractivity contribution >= 4 is 42.8 Å². The summed E-state index contributed by atoms with van der Waals surface area (Å²) in [6, 6.07) is 19.3. The highest BCUT2D eigenvalue weighted by Gasteiger charge is 2.13. The molecule has 0 amide bonds. The zero-order chi connectivity index (χ0) is 14.2. The van der Waals surface area contributed by atoms with E-state index in [4.69, 9.17) is 5.73 Å². The lowest BCUT2D eigenvalue weighted by Crippen LogP contribution is -2.11. The van der Waals surface area contributed by atoms with Gasteiger partial charge in [0.15, 0.2) is 0 Å². The van der Waals surface area contributed by atoms with Crippen molar-refractivity contribution in [3.8, 4) is 0 Å². The number of hydrogen-bond donors (Lipinski definition) is 1. The van der Waals surface area contributed by atoms with E-state index in [0.717, 1.165) is 6.42 Å². The first-order valence-corrected chi connectivity index (χ1v) is 8.70. The minimum absolute atomic E-state index is 0.0698. The highest BCUT2D eigenvalue weighted by atomic mass is 32.1. The van der Waals surface area contributed by atoms with Crippen LogP contribution in [-0.2, 0) is 6.42 Å². The monoisotopic (exact) mass is 309 g/mol. The highest BCUT2D eigenvalue weighted by Crippen LogP contribution is 2.33. The predicted molar refractivity (Wildman–Crippen MR) is 94.3 cm³/mol. The van der Waals surface area contributed by atoms with Crippen LogP contribution in [0.4, 0.5) is 0 Å². The Labute approximate surface area is 131 Å². The fourth-order valence-corrected chi connectivity index (χ4v) is 4.76. The average molecular weight is 309 g/mol. The molecule has 1 atom stereocenters. The van der Waals surface area contributed by atoms with Gasteiger partial charge in [-0.1, -0.05) is 36.4 Å². The van der Waals surface area contributed by atoms with Crippen molar-refractivity contribution in [1.82, 2.24) is 0 Å². The summed E-state index contributed by atoms with van der Waals surface area (Å²) in [5.41, 5.74) is 7.82. The van der Waals surface area contributed by atoms with E-state index in [1.807, 2.05) is 11.3 Å². The summed E-state index contributed by atoms with van der Waals surface area (Å²) in [6.07, 6.45) is 0.900. The van der Waals surface area contributed by atoms with E-state index in [1.165, 1.54) is 30.6 Å². The Balaban J connectivity index is 1.67. The smallest absolute Gasteiger partial charge is 0.0431 e. The number of fused-ring (bicyclic) bond motifs is 2. The summed E-state index contributed by atoms with van der Waals surface area (Å²) in [5.74, 6) is 0. The molecule has 2 heterocycles. The van der Waals surface area contributed by atoms with E-state index in [-0.39, 0.29) is 6.04 Å². The SMILES string of the molecule is NC(Cc1csc2ccccc12)c1cc2ccccc2s1. The minimum Gasteiger partial charge on any atom is -0.323 e. The fraction of sp³-hybridized carbons (Fsp3) is 0.111. The highest BCUT2D eigenvalue weighted by molar-refractivity contribution is 7.19. The molecule has 0 fully saturated rings. The summed E-state index contributed by atoms with van der Waals surface area (Å²) in [4.78, 5) is 1.27. The van der Waals surface area contributed by atoms with Crippen LogP contribution >= 0.6 is 22.7 Å². The topological polar surface area (TPSA) is 26.0 Å². The Bertz CT molecular complexity index is 871. The molecular weight excluding hydrogens is 294 g/mol. The molecule has 2 N–H and O–H groups in total. The summed E-state index contributed by atoms with van der Waals surface area (Å²) in [6.45, 7) is 0. The molecular formula is C18H15NS2. The van der Waals surface area contributed by atoms with E-state index in [2.05, 4.69) is 60.0 Å². The maximum absolute atomic E-state index is 6.46. The second-order valence-electron chi connectivity index (χ2n) is 5.25. The van der Waals surface area contributed by atoms with E-state index in [1.54, 1.807) is 11.3 Å². The van der Waals surface area contributed by atoms with E-state index >= 15 is 0 Å². The van der Waals surface area contributed by atoms with Gasteiger partial charge in [-0.05, 0) is 46.3 Å². The van der Waals surface area contributed by atoms with Gasteiger partial charge in [0.2, 0.25) is 0 Å². The van der Waals surface area contributed by atoms with Gasteiger partial charge in [0.05, 0.1) is 0 Å². The van der Waals surface area contributed by atoms with Crippen LogP contribution in [0.25, 0.3) is 20.2 Å². The summed E-state index contributed by atoms with van der Waals surface area (Å²) < 4.78 is 2.66. The van der Waals surface area contributed by atoms with Gasteiger partial charge >= 0.3 is 0 Å². The molecule has 2 aromatic heterocycles. The second kappa shape index (κ2) is 5.26. The van der Waals surface area contributed by atoms with Gasteiger partial charge < -0.3 is 5.73 Å². The van der Waals surface area contributed by atoms with Crippen LogP contribution in [0.5, 0.6) is 0 Å². The molecule has 2 aromatic carbocycles. The quantitative estimate of drug-likeness (QED) is 0.542. The minimum atomic E-state index is 0.0698. The Hall–Kier alpha value is -1.68. The standard InChI is InChI=1S/C18H15NS2/c19-15(18-10-12-5-1-3-7-16(12)21-18)9-13-11-20-17-8-4-2-6-14(13)17/h1-8,10-11,15H,9,19H2. The first-order chi connectivity index (χ1) is 10.3. The predicted octanol–water partition coefficient (Wildman–Crippen LogP) is 5.36. The summed E-state index contributed by atoms with van der Waals surface area (Å²) in [5, 5.41) is 4.89. The van der Waals surface area contributed by atoms with Gasteiger partial charge in [0.25, 0.3) is 0 Å². The molecule has 0 bridgehead atoms. The second-order valence-corrected chi connectivity index (χ2v) is 7.28. The van der Waals surface area contributed by atoms with Crippen LogP contribution < -0.4 is 5.73 Å². The molecule has 0 aliphatic rings. The molecule has 0 radical (unpaired) electrons. The third kappa shape index (κ3) is 2.38. The van der Waals surface area contributed by atoms with Crippen molar-refractivity contribution in [2.75, 3.05) is 0 Å². The van der Waals surface area contributed by atoms with Gasteiger partial charge in [0.1, 0.15) is 0 Å². The van der Waals surface area contributed by atoms with E-state index in [0.29, 0.717) is 0 Å². The van der Waals surface area contributed by atoms with Crippen molar-refractivity contribution in [2.24, 2.45) is 5.73 Å². The number of thiophene rings is 2. The molecule has 0 aliphatic heterocycles. The lowest BCUT2D eigenvalue weighted by molar-refractivity contribution is 0.742. The first kappa shape index (κ1) is 13.0. The van der Waals surface area contributed by atoms with Crippen molar-refractivity contribution in [2.45, 2.75) is 12.5 Å². The van der Waals surface area contributed by atoms with Gasteiger partial charge in [-0.25, -0.2) is 0 Å². The van der Waals surface area contributed by atoms with Gasteiger partial charge in [-0.15, -0.1) is 22.7 Å². The first-order valence-electron chi connectivity index (χ1n) is 7.00. The third-order valence-corrected chi connectivity index (χ3v) is 6.07. The molecule has 0 spiro atoms. The lowest BCUT2D eigenvalue weighted by Gasteiger charge is -2.08. The van der Waals surface area contributed by atoms with Crippen LogP contribution in [-0.4, -0.2) is 0 Å². The van der Waals surface area contributed by atoms with Crippen LogP contribution in [0, 0.1) is 0 Å². The maximum Gasteiger partial charge on any atom is 0.0431 e. The molecule has 1 nitrogen and oxygen atoms in total. The number of nitrogens with two attached hydrogens (primary N) is 1.